The van der Waals surface area contributed by atoms with Crippen molar-refractivity contribution in [3.63, 3.8) is 0 Å². The highest BCUT2D eigenvalue weighted by molar-refractivity contribution is 5.77. The van der Waals surface area contributed by atoms with Crippen LogP contribution in [0.2, 0.25) is 0 Å². The summed E-state index contributed by atoms with van der Waals surface area (Å²) in [5, 5.41) is 1.65. The van der Waals surface area contributed by atoms with E-state index in [0.717, 1.165) is 32.1 Å². The van der Waals surface area contributed by atoms with Gasteiger partial charge in [-0.3, -0.25) is 9.63 Å². The van der Waals surface area contributed by atoms with Crippen molar-refractivity contribution >= 4 is 5.91 Å². The van der Waals surface area contributed by atoms with E-state index >= 15 is 0 Å². The normalized spacial score (nSPS) is 32.0. The molecule has 0 aromatic carbocycles. The van der Waals surface area contributed by atoms with Gasteiger partial charge >= 0.3 is 0 Å². The lowest BCUT2D eigenvalue weighted by Crippen LogP contribution is -2.54. The van der Waals surface area contributed by atoms with Gasteiger partial charge in [0.2, 0.25) is 5.91 Å². The highest BCUT2D eigenvalue weighted by Gasteiger charge is 2.43. The first-order valence-corrected chi connectivity index (χ1v) is 5.71. The molecule has 84 valence electrons. The van der Waals surface area contributed by atoms with Crippen LogP contribution >= 0.6 is 0 Å². The average molecular weight is 209 g/mol. The summed E-state index contributed by atoms with van der Waals surface area (Å²) in [6.45, 7) is 2.15. The van der Waals surface area contributed by atoms with Gasteiger partial charge in [-0.05, 0) is 39.0 Å². The Labute approximate surface area is 91.0 Å². The molecule has 1 atom stereocenters. The van der Waals surface area contributed by atoms with E-state index in [1.807, 2.05) is 0 Å². The number of hydroxylamine groups is 2. The van der Waals surface area contributed by atoms with Gasteiger partial charge in [-0.25, -0.2) is 5.06 Å². The Hall–Kier alpha value is -0.830. The second-order valence-electron chi connectivity index (χ2n) is 4.71. The van der Waals surface area contributed by atoms with E-state index in [4.69, 9.17) is 4.84 Å². The highest BCUT2D eigenvalue weighted by Crippen LogP contribution is 2.40. The van der Waals surface area contributed by atoms with Gasteiger partial charge < -0.3 is 0 Å². The monoisotopic (exact) mass is 209 g/mol. The van der Waals surface area contributed by atoms with Gasteiger partial charge in [0, 0.05) is 6.42 Å². The van der Waals surface area contributed by atoms with Crippen molar-refractivity contribution < 1.29 is 9.63 Å². The Morgan fingerprint density at radius 3 is 2.93 bits per heavy atom. The van der Waals surface area contributed by atoms with Gasteiger partial charge in [0.25, 0.3) is 0 Å². The summed E-state index contributed by atoms with van der Waals surface area (Å²) in [6, 6.07) is 0. The first-order chi connectivity index (χ1) is 7.18. The van der Waals surface area contributed by atoms with Crippen LogP contribution in [-0.2, 0) is 9.63 Å². The van der Waals surface area contributed by atoms with Crippen molar-refractivity contribution in [1.29, 1.82) is 0 Å². The van der Waals surface area contributed by atoms with Gasteiger partial charge in [0.1, 0.15) is 0 Å². The lowest BCUT2D eigenvalue weighted by molar-refractivity contribution is -0.220. The molecule has 0 N–H and O–H groups in total. The van der Waals surface area contributed by atoms with E-state index in [0.29, 0.717) is 6.42 Å². The Morgan fingerprint density at radius 1 is 1.47 bits per heavy atom. The minimum Gasteiger partial charge on any atom is -0.274 e. The molecular weight excluding hydrogens is 190 g/mol. The molecule has 1 aliphatic heterocycles. The van der Waals surface area contributed by atoms with E-state index in [1.165, 1.54) is 5.57 Å². The molecule has 2 aliphatic rings. The van der Waals surface area contributed by atoms with Gasteiger partial charge in [-0.2, -0.15) is 0 Å². The zero-order valence-corrected chi connectivity index (χ0v) is 9.58. The minimum absolute atomic E-state index is 0.0388. The number of rotatable bonds is 1. The first kappa shape index (κ1) is 10.7. The van der Waals surface area contributed by atoms with Gasteiger partial charge in [-0.15, -0.1) is 0 Å². The zero-order valence-electron chi connectivity index (χ0n) is 9.58. The number of piperidine rings is 1. The molecule has 0 bridgehead atoms. The fourth-order valence-electron chi connectivity index (χ4n) is 2.99. The predicted octanol–water partition coefficient (Wildman–Crippen LogP) is 2.43. The third kappa shape index (κ3) is 1.81. The molecule has 0 radical (unpaired) electrons. The summed E-state index contributed by atoms with van der Waals surface area (Å²) < 4.78 is 0. The van der Waals surface area contributed by atoms with Crippen molar-refractivity contribution in [2.75, 3.05) is 7.11 Å². The molecular formula is C12H19NO2. The van der Waals surface area contributed by atoms with Crippen LogP contribution in [0.15, 0.2) is 11.6 Å². The number of hydrogen-bond acceptors (Lipinski definition) is 2. The molecule has 1 amide bonds. The lowest BCUT2D eigenvalue weighted by atomic mass is 9.76. The Balaban J connectivity index is 2.24. The second-order valence-corrected chi connectivity index (χ2v) is 4.71. The molecule has 2 rings (SSSR count). The lowest BCUT2D eigenvalue weighted by Gasteiger charge is -2.47. The average Bonchev–Trinajstić information content (AvgIpc) is 2.17. The Bertz CT molecular complexity index is 298. The molecule has 1 spiro atoms. The van der Waals surface area contributed by atoms with Crippen LogP contribution in [0.3, 0.4) is 0 Å². The summed E-state index contributed by atoms with van der Waals surface area (Å²) in [5.74, 6) is 0.151. The van der Waals surface area contributed by atoms with Crippen LogP contribution in [0.4, 0.5) is 0 Å². The van der Waals surface area contributed by atoms with Gasteiger partial charge in [0.05, 0.1) is 12.6 Å². The summed E-state index contributed by atoms with van der Waals surface area (Å²) in [7, 11) is 1.61. The molecule has 1 saturated heterocycles. The maximum Gasteiger partial charge on any atom is 0.246 e. The van der Waals surface area contributed by atoms with Crippen LogP contribution in [0, 0.1) is 0 Å². The molecule has 0 aromatic heterocycles. The molecule has 0 saturated carbocycles. The molecule has 3 heteroatoms. The molecule has 3 nitrogen and oxygen atoms in total. The molecule has 0 aromatic rings. The van der Waals surface area contributed by atoms with Crippen molar-refractivity contribution in [2.24, 2.45) is 0 Å². The number of nitrogens with zero attached hydrogens (tertiary/aromatic N) is 1. The van der Waals surface area contributed by atoms with E-state index in [-0.39, 0.29) is 11.4 Å². The number of carbonyl (C=O) groups excluding carboxylic acids is 1. The van der Waals surface area contributed by atoms with E-state index < -0.39 is 0 Å². The van der Waals surface area contributed by atoms with Gasteiger partial charge in [0.15, 0.2) is 0 Å². The molecule has 1 heterocycles. The van der Waals surface area contributed by atoms with Crippen LogP contribution in [0.5, 0.6) is 0 Å². The third-order valence-electron chi connectivity index (χ3n) is 3.58. The SMILES string of the molecule is CON1C(=O)CCCC12CCC=C(C)C2. The molecule has 15 heavy (non-hydrogen) atoms. The topological polar surface area (TPSA) is 29.5 Å². The molecule has 1 aliphatic carbocycles. The molecule has 1 fully saturated rings. The highest BCUT2D eigenvalue weighted by atomic mass is 16.7. The number of carbonyl (C=O) groups is 1. The van der Waals surface area contributed by atoms with E-state index in [1.54, 1.807) is 12.2 Å². The van der Waals surface area contributed by atoms with Crippen molar-refractivity contribution in [3.05, 3.63) is 11.6 Å². The zero-order chi connectivity index (χ0) is 10.9. The van der Waals surface area contributed by atoms with Crippen molar-refractivity contribution in [1.82, 2.24) is 5.06 Å². The van der Waals surface area contributed by atoms with Crippen LogP contribution in [0.1, 0.15) is 45.4 Å². The van der Waals surface area contributed by atoms with E-state index in [9.17, 15) is 4.79 Å². The quantitative estimate of drug-likeness (QED) is 0.621. The fraction of sp³-hybridized carbons (Fsp3) is 0.750. The summed E-state index contributed by atoms with van der Waals surface area (Å²) in [5.41, 5.74) is 1.35. The maximum absolute atomic E-state index is 11.8. The molecule has 1 unspecified atom stereocenters. The van der Waals surface area contributed by atoms with Gasteiger partial charge in [-0.1, -0.05) is 11.6 Å². The van der Waals surface area contributed by atoms with Crippen molar-refractivity contribution in [3.8, 4) is 0 Å². The van der Waals surface area contributed by atoms with Crippen LogP contribution in [0.25, 0.3) is 0 Å². The largest absolute Gasteiger partial charge is 0.274 e. The summed E-state index contributed by atoms with van der Waals surface area (Å²) in [6.07, 6.45) is 8.09. The minimum atomic E-state index is -0.0388. The fourth-order valence-corrected chi connectivity index (χ4v) is 2.99. The van der Waals surface area contributed by atoms with Crippen LogP contribution < -0.4 is 0 Å². The number of amides is 1. The number of allylic oxidation sites excluding steroid dienone is 1. The number of hydrogen-bond donors (Lipinski definition) is 0. The Kier molecular flexibility index (Phi) is 2.83. The maximum atomic E-state index is 11.8. The first-order valence-electron chi connectivity index (χ1n) is 5.71. The standard InChI is InChI=1S/C12H19NO2/c1-10-5-3-7-12(9-10)8-4-6-11(14)13(12)15-2/h5H,3-4,6-9H2,1-2H3. The summed E-state index contributed by atoms with van der Waals surface area (Å²) in [4.78, 5) is 17.1. The Morgan fingerprint density at radius 2 is 2.27 bits per heavy atom. The van der Waals surface area contributed by atoms with Crippen molar-refractivity contribution in [2.45, 2.75) is 51.0 Å². The van der Waals surface area contributed by atoms with E-state index in [2.05, 4.69) is 13.0 Å². The van der Waals surface area contributed by atoms with Crippen LogP contribution in [-0.4, -0.2) is 23.6 Å². The third-order valence-corrected chi connectivity index (χ3v) is 3.58. The smallest absolute Gasteiger partial charge is 0.246 e. The predicted molar refractivity (Wildman–Crippen MR) is 58.0 cm³/mol. The second kappa shape index (κ2) is 3.97. The summed E-state index contributed by atoms with van der Waals surface area (Å²) >= 11 is 0.